The second-order valence-electron chi connectivity index (χ2n) is 6.59. The standard InChI is InChI=1S/C19H23BrN2O3S/c1-4-19(2,3)21-18(23)14-22(16-10-8-9-15(20)13-16)26(24,25)17-11-6-5-7-12-17/h5-13H,4,14H2,1-3H3,(H,21,23). The largest absolute Gasteiger partial charge is 0.350 e. The molecule has 0 spiro atoms. The van der Waals surface area contributed by atoms with Crippen LogP contribution in [-0.2, 0) is 14.8 Å². The van der Waals surface area contributed by atoms with Crippen molar-refractivity contribution in [1.29, 1.82) is 0 Å². The Morgan fingerprint density at radius 1 is 1.12 bits per heavy atom. The van der Waals surface area contributed by atoms with E-state index in [1.807, 2.05) is 20.8 Å². The van der Waals surface area contributed by atoms with Gasteiger partial charge in [-0.1, -0.05) is 47.1 Å². The highest BCUT2D eigenvalue weighted by molar-refractivity contribution is 9.10. The lowest BCUT2D eigenvalue weighted by molar-refractivity contribution is -0.121. The highest BCUT2D eigenvalue weighted by atomic mass is 79.9. The predicted octanol–water partition coefficient (Wildman–Crippen LogP) is 3.95. The molecule has 0 aromatic heterocycles. The SMILES string of the molecule is CCC(C)(C)NC(=O)CN(c1cccc(Br)c1)S(=O)(=O)c1ccccc1. The maximum Gasteiger partial charge on any atom is 0.264 e. The van der Waals surface area contributed by atoms with Crippen LogP contribution in [0.1, 0.15) is 27.2 Å². The monoisotopic (exact) mass is 438 g/mol. The van der Waals surface area contributed by atoms with Crippen LogP contribution in [0.25, 0.3) is 0 Å². The number of nitrogens with one attached hydrogen (secondary N) is 1. The van der Waals surface area contributed by atoms with E-state index < -0.39 is 15.6 Å². The Balaban J connectivity index is 2.42. The first kappa shape index (κ1) is 20.5. The molecule has 1 amide bonds. The summed E-state index contributed by atoms with van der Waals surface area (Å²) in [6.45, 7) is 5.48. The second-order valence-corrected chi connectivity index (χ2v) is 9.37. The molecular weight excluding hydrogens is 416 g/mol. The summed E-state index contributed by atoms with van der Waals surface area (Å²) in [6.07, 6.45) is 0.737. The summed E-state index contributed by atoms with van der Waals surface area (Å²) >= 11 is 3.36. The minimum absolute atomic E-state index is 0.141. The van der Waals surface area contributed by atoms with Crippen molar-refractivity contribution in [1.82, 2.24) is 5.32 Å². The van der Waals surface area contributed by atoms with Crippen LogP contribution < -0.4 is 9.62 Å². The molecule has 1 N–H and O–H groups in total. The lowest BCUT2D eigenvalue weighted by atomic mass is 10.0. The average molecular weight is 439 g/mol. The van der Waals surface area contributed by atoms with E-state index in [9.17, 15) is 13.2 Å². The number of amides is 1. The number of hydrogen-bond donors (Lipinski definition) is 1. The summed E-state index contributed by atoms with van der Waals surface area (Å²) in [5, 5.41) is 2.89. The van der Waals surface area contributed by atoms with E-state index in [0.29, 0.717) is 5.69 Å². The highest BCUT2D eigenvalue weighted by Gasteiger charge is 2.28. The number of sulfonamides is 1. The molecule has 2 rings (SSSR count). The number of hydrogen-bond acceptors (Lipinski definition) is 3. The molecule has 140 valence electrons. The molecule has 0 saturated carbocycles. The van der Waals surface area contributed by atoms with Crippen molar-refractivity contribution in [2.75, 3.05) is 10.8 Å². The molecule has 2 aromatic rings. The van der Waals surface area contributed by atoms with Crippen LogP contribution in [-0.4, -0.2) is 26.4 Å². The van der Waals surface area contributed by atoms with Crippen LogP contribution in [0.15, 0.2) is 64.0 Å². The summed E-state index contributed by atoms with van der Waals surface area (Å²) in [6, 6.07) is 15.0. The Morgan fingerprint density at radius 2 is 1.77 bits per heavy atom. The molecule has 0 aliphatic carbocycles. The summed E-state index contributed by atoms with van der Waals surface area (Å²) in [7, 11) is -3.88. The molecule has 0 fully saturated rings. The van der Waals surface area contributed by atoms with Crippen molar-refractivity contribution in [3.8, 4) is 0 Å². The van der Waals surface area contributed by atoms with E-state index >= 15 is 0 Å². The quantitative estimate of drug-likeness (QED) is 0.711. The topological polar surface area (TPSA) is 66.5 Å². The smallest absolute Gasteiger partial charge is 0.264 e. The maximum absolute atomic E-state index is 13.1. The Morgan fingerprint density at radius 3 is 2.35 bits per heavy atom. The number of benzene rings is 2. The number of nitrogens with zero attached hydrogens (tertiary/aromatic N) is 1. The van der Waals surface area contributed by atoms with Gasteiger partial charge in [-0.3, -0.25) is 9.10 Å². The van der Waals surface area contributed by atoms with Gasteiger partial charge in [-0.2, -0.15) is 0 Å². The van der Waals surface area contributed by atoms with Crippen LogP contribution in [0.3, 0.4) is 0 Å². The highest BCUT2D eigenvalue weighted by Crippen LogP contribution is 2.26. The molecule has 0 atom stereocenters. The molecule has 0 unspecified atom stereocenters. The van der Waals surface area contributed by atoms with Gasteiger partial charge in [-0.25, -0.2) is 8.42 Å². The normalized spacial score (nSPS) is 11.8. The van der Waals surface area contributed by atoms with Crippen molar-refractivity contribution < 1.29 is 13.2 Å². The second kappa shape index (κ2) is 8.22. The first-order chi connectivity index (χ1) is 12.2. The van der Waals surface area contributed by atoms with Gasteiger partial charge in [0.25, 0.3) is 10.0 Å². The van der Waals surface area contributed by atoms with Crippen molar-refractivity contribution in [2.24, 2.45) is 0 Å². The third kappa shape index (κ3) is 5.08. The summed E-state index contributed by atoms with van der Waals surface area (Å²) < 4.78 is 28.2. The lowest BCUT2D eigenvalue weighted by Gasteiger charge is -2.28. The Labute approximate surface area is 163 Å². The van der Waals surface area contributed by atoms with Gasteiger partial charge in [0, 0.05) is 10.0 Å². The van der Waals surface area contributed by atoms with Crippen molar-refractivity contribution in [3.05, 3.63) is 59.1 Å². The molecule has 0 aliphatic heterocycles. The summed E-state index contributed by atoms with van der Waals surface area (Å²) in [5.41, 5.74) is 0.0176. The van der Waals surface area contributed by atoms with Gasteiger partial charge in [0.15, 0.2) is 0 Å². The predicted molar refractivity (Wildman–Crippen MR) is 108 cm³/mol. The number of halogens is 1. The maximum atomic E-state index is 13.1. The van der Waals surface area contributed by atoms with Crippen LogP contribution in [0.2, 0.25) is 0 Å². The summed E-state index contributed by atoms with van der Waals surface area (Å²) in [5.74, 6) is -0.351. The summed E-state index contributed by atoms with van der Waals surface area (Å²) in [4.78, 5) is 12.7. The zero-order valence-electron chi connectivity index (χ0n) is 15.1. The van der Waals surface area contributed by atoms with Crippen LogP contribution in [0, 0.1) is 0 Å². The Kier molecular flexibility index (Phi) is 6.47. The van der Waals surface area contributed by atoms with E-state index in [1.54, 1.807) is 42.5 Å². The number of rotatable bonds is 7. The first-order valence-electron chi connectivity index (χ1n) is 8.30. The van der Waals surface area contributed by atoms with Gasteiger partial charge < -0.3 is 5.32 Å². The number of carbonyl (C=O) groups excluding carboxylic acids is 1. The third-order valence-corrected chi connectivity index (χ3v) is 6.36. The fourth-order valence-electron chi connectivity index (χ4n) is 2.30. The van der Waals surface area contributed by atoms with Gasteiger partial charge in [0.2, 0.25) is 5.91 Å². The number of carbonyl (C=O) groups is 1. The molecule has 0 radical (unpaired) electrons. The number of anilines is 1. The zero-order chi connectivity index (χ0) is 19.4. The molecular formula is C19H23BrN2O3S. The average Bonchev–Trinajstić information content (AvgIpc) is 2.60. The fourth-order valence-corrected chi connectivity index (χ4v) is 4.12. The molecule has 0 saturated heterocycles. The van der Waals surface area contributed by atoms with Gasteiger partial charge in [0.1, 0.15) is 6.54 Å². The van der Waals surface area contributed by atoms with Crippen LogP contribution >= 0.6 is 15.9 Å². The van der Waals surface area contributed by atoms with Crippen molar-refractivity contribution in [3.63, 3.8) is 0 Å². The Bertz CT molecular complexity index is 867. The minimum Gasteiger partial charge on any atom is -0.350 e. The molecule has 0 aliphatic rings. The van der Waals surface area contributed by atoms with Crippen molar-refractivity contribution in [2.45, 2.75) is 37.6 Å². The molecule has 26 heavy (non-hydrogen) atoms. The Hall–Kier alpha value is -1.86. The van der Waals surface area contributed by atoms with E-state index in [-0.39, 0.29) is 17.3 Å². The molecule has 5 nitrogen and oxygen atoms in total. The van der Waals surface area contributed by atoms with Crippen LogP contribution in [0.5, 0.6) is 0 Å². The van der Waals surface area contributed by atoms with Crippen LogP contribution in [0.4, 0.5) is 5.69 Å². The van der Waals surface area contributed by atoms with E-state index in [2.05, 4.69) is 21.2 Å². The first-order valence-corrected chi connectivity index (χ1v) is 10.5. The lowest BCUT2D eigenvalue weighted by Crippen LogP contribution is -2.48. The van der Waals surface area contributed by atoms with Crippen molar-refractivity contribution >= 4 is 37.5 Å². The van der Waals surface area contributed by atoms with E-state index in [0.717, 1.165) is 15.2 Å². The fraction of sp³-hybridized carbons (Fsp3) is 0.316. The van der Waals surface area contributed by atoms with Gasteiger partial charge >= 0.3 is 0 Å². The van der Waals surface area contributed by atoms with E-state index in [1.165, 1.54) is 12.1 Å². The zero-order valence-corrected chi connectivity index (χ0v) is 17.5. The van der Waals surface area contributed by atoms with E-state index in [4.69, 9.17) is 0 Å². The van der Waals surface area contributed by atoms with Gasteiger partial charge in [-0.05, 0) is 50.6 Å². The van der Waals surface area contributed by atoms with Gasteiger partial charge in [-0.15, -0.1) is 0 Å². The van der Waals surface area contributed by atoms with Gasteiger partial charge in [0.05, 0.1) is 10.6 Å². The third-order valence-electron chi connectivity index (χ3n) is 4.08. The molecule has 0 heterocycles. The minimum atomic E-state index is -3.88. The molecule has 2 aromatic carbocycles. The molecule has 0 bridgehead atoms. The molecule has 7 heteroatoms.